The van der Waals surface area contributed by atoms with Gasteiger partial charge in [-0.3, -0.25) is 0 Å². The standard InChI is InChI=1S/C21H25N3S/c1-21(2,3)17-7-9-18(10-8-17)24-13-5-4-6-20(24)25-15-16-11-12-23-19(22)14-16/h4-14,20H,15H2,1-3H3,(H2,22,23). The summed E-state index contributed by atoms with van der Waals surface area (Å²) in [5.74, 6) is 1.47. The lowest BCUT2D eigenvalue weighted by Gasteiger charge is -2.30. The molecule has 0 radical (unpaired) electrons. The molecular weight excluding hydrogens is 326 g/mol. The van der Waals surface area contributed by atoms with Gasteiger partial charge in [0.25, 0.3) is 0 Å². The Balaban J connectivity index is 1.73. The number of nitrogen functional groups attached to an aromatic ring is 1. The first-order chi connectivity index (χ1) is 11.9. The van der Waals surface area contributed by atoms with Gasteiger partial charge in [0, 0.05) is 23.8 Å². The second-order valence-corrected chi connectivity index (χ2v) is 8.33. The topological polar surface area (TPSA) is 42.2 Å². The van der Waals surface area contributed by atoms with Crippen molar-refractivity contribution in [1.82, 2.24) is 4.98 Å². The van der Waals surface area contributed by atoms with Crippen LogP contribution in [-0.2, 0) is 11.2 Å². The lowest BCUT2D eigenvalue weighted by molar-refractivity contribution is 0.590. The van der Waals surface area contributed by atoms with Crippen LogP contribution in [0.1, 0.15) is 31.9 Å². The summed E-state index contributed by atoms with van der Waals surface area (Å²) >= 11 is 1.88. The number of benzene rings is 1. The van der Waals surface area contributed by atoms with E-state index in [-0.39, 0.29) is 10.8 Å². The summed E-state index contributed by atoms with van der Waals surface area (Å²) in [6.45, 7) is 6.72. The number of nitrogens with two attached hydrogens (primary N) is 1. The van der Waals surface area contributed by atoms with Crippen LogP contribution in [0, 0.1) is 0 Å². The van der Waals surface area contributed by atoms with E-state index in [0.717, 1.165) is 5.75 Å². The maximum absolute atomic E-state index is 5.78. The van der Waals surface area contributed by atoms with E-state index in [1.165, 1.54) is 16.8 Å². The Hall–Kier alpha value is -2.20. The monoisotopic (exact) mass is 351 g/mol. The predicted octanol–water partition coefficient (Wildman–Crippen LogP) is 5.11. The second kappa shape index (κ2) is 7.36. The van der Waals surface area contributed by atoms with Crippen molar-refractivity contribution in [3.05, 3.63) is 78.1 Å². The Morgan fingerprint density at radius 2 is 1.88 bits per heavy atom. The highest BCUT2D eigenvalue weighted by Crippen LogP contribution is 2.31. The lowest BCUT2D eigenvalue weighted by Crippen LogP contribution is -2.27. The van der Waals surface area contributed by atoms with Gasteiger partial charge in [-0.15, -0.1) is 11.8 Å². The van der Waals surface area contributed by atoms with E-state index in [9.17, 15) is 0 Å². The molecule has 4 heteroatoms. The maximum atomic E-state index is 5.78. The van der Waals surface area contributed by atoms with Gasteiger partial charge in [0.2, 0.25) is 0 Å². The van der Waals surface area contributed by atoms with Crippen LogP contribution >= 0.6 is 11.8 Å². The molecule has 25 heavy (non-hydrogen) atoms. The molecule has 2 aromatic rings. The van der Waals surface area contributed by atoms with Gasteiger partial charge in [-0.25, -0.2) is 4.98 Å². The summed E-state index contributed by atoms with van der Waals surface area (Å²) in [6, 6.07) is 12.8. The predicted molar refractivity (Wildman–Crippen MR) is 110 cm³/mol. The first kappa shape index (κ1) is 17.6. The fourth-order valence-corrected chi connectivity index (χ4v) is 3.84. The van der Waals surface area contributed by atoms with Crippen molar-refractivity contribution in [3.63, 3.8) is 0 Å². The highest BCUT2D eigenvalue weighted by atomic mass is 32.2. The van der Waals surface area contributed by atoms with Crippen molar-refractivity contribution in [2.24, 2.45) is 0 Å². The average Bonchev–Trinajstić information content (AvgIpc) is 2.60. The van der Waals surface area contributed by atoms with Crippen molar-refractivity contribution in [2.75, 3.05) is 10.6 Å². The molecular formula is C21H25N3S. The number of pyridine rings is 1. The molecule has 1 aromatic heterocycles. The number of hydrogen-bond acceptors (Lipinski definition) is 4. The molecule has 1 atom stereocenters. The highest BCUT2D eigenvalue weighted by Gasteiger charge is 2.18. The van der Waals surface area contributed by atoms with Crippen LogP contribution in [-0.4, -0.2) is 10.4 Å². The van der Waals surface area contributed by atoms with Gasteiger partial charge in [0.1, 0.15) is 5.82 Å². The highest BCUT2D eigenvalue weighted by molar-refractivity contribution is 7.99. The van der Waals surface area contributed by atoms with E-state index >= 15 is 0 Å². The molecule has 1 aromatic carbocycles. The zero-order chi connectivity index (χ0) is 17.9. The molecule has 1 aliphatic rings. The van der Waals surface area contributed by atoms with Crippen molar-refractivity contribution < 1.29 is 0 Å². The van der Waals surface area contributed by atoms with Crippen LogP contribution in [0.15, 0.2) is 67.0 Å². The molecule has 0 amide bonds. The van der Waals surface area contributed by atoms with Crippen molar-refractivity contribution in [3.8, 4) is 0 Å². The zero-order valence-electron chi connectivity index (χ0n) is 15.0. The first-order valence-electron chi connectivity index (χ1n) is 8.49. The van der Waals surface area contributed by atoms with E-state index in [4.69, 9.17) is 5.73 Å². The van der Waals surface area contributed by atoms with Crippen LogP contribution in [0.5, 0.6) is 0 Å². The number of rotatable bonds is 4. The fraction of sp³-hybridized carbons (Fsp3) is 0.286. The number of allylic oxidation sites excluding steroid dienone is 2. The van der Waals surface area contributed by atoms with Crippen LogP contribution in [0.2, 0.25) is 0 Å². The number of anilines is 2. The molecule has 1 unspecified atom stereocenters. The van der Waals surface area contributed by atoms with Gasteiger partial charge in [-0.2, -0.15) is 0 Å². The summed E-state index contributed by atoms with van der Waals surface area (Å²) in [6.07, 6.45) is 10.3. The molecule has 3 rings (SSSR count). The zero-order valence-corrected chi connectivity index (χ0v) is 15.8. The minimum Gasteiger partial charge on any atom is -0.384 e. The van der Waals surface area contributed by atoms with Crippen molar-refractivity contribution in [2.45, 2.75) is 37.3 Å². The largest absolute Gasteiger partial charge is 0.384 e. The SMILES string of the molecule is CC(C)(C)c1ccc(N2C=CC=CC2SCc2ccnc(N)c2)cc1. The Morgan fingerprint density at radius 1 is 1.12 bits per heavy atom. The third-order valence-electron chi connectivity index (χ3n) is 4.21. The van der Waals surface area contributed by atoms with Crippen molar-refractivity contribution >= 4 is 23.3 Å². The third-order valence-corrected chi connectivity index (χ3v) is 5.43. The van der Waals surface area contributed by atoms with E-state index < -0.39 is 0 Å². The van der Waals surface area contributed by atoms with Crippen LogP contribution < -0.4 is 10.6 Å². The van der Waals surface area contributed by atoms with Crippen LogP contribution in [0.4, 0.5) is 11.5 Å². The Bertz CT molecular complexity index is 772. The average molecular weight is 352 g/mol. The summed E-state index contributed by atoms with van der Waals surface area (Å²) in [5, 5.41) is 0.264. The Morgan fingerprint density at radius 3 is 2.56 bits per heavy atom. The number of thioether (sulfide) groups is 1. The minimum atomic E-state index is 0.172. The molecule has 0 spiro atoms. The van der Waals surface area contributed by atoms with Gasteiger partial charge in [0.15, 0.2) is 0 Å². The van der Waals surface area contributed by atoms with Crippen molar-refractivity contribution in [1.29, 1.82) is 0 Å². The van der Waals surface area contributed by atoms with E-state index in [1.807, 2.05) is 23.9 Å². The number of hydrogen-bond donors (Lipinski definition) is 1. The molecule has 0 saturated heterocycles. The molecule has 0 aliphatic carbocycles. The lowest BCUT2D eigenvalue weighted by atomic mass is 9.87. The van der Waals surface area contributed by atoms with E-state index in [2.05, 4.69) is 79.3 Å². The molecule has 2 N–H and O–H groups in total. The fourth-order valence-electron chi connectivity index (χ4n) is 2.75. The van der Waals surface area contributed by atoms with E-state index in [1.54, 1.807) is 6.20 Å². The second-order valence-electron chi connectivity index (χ2n) is 7.22. The van der Waals surface area contributed by atoms with E-state index in [0.29, 0.717) is 5.82 Å². The molecule has 3 nitrogen and oxygen atoms in total. The molecule has 1 aliphatic heterocycles. The van der Waals surface area contributed by atoms with Gasteiger partial charge >= 0.3 is 0 Å². The smallest absolute Gasteiger partial charge is 0.123 e. The Kier molecular flexibility index (Phi) is 5.19. The van der Waals surface area contributed by atoms with Crippen LogP contribution in [0.25, 0.3) is 0 Å². The quantitative estimate of drug-likeness (QED) is 0.831. The van der Waals surface area contributed by atoms with Crippen LogP contribution in [0.3, 0.4) is 0 Å². The van der Waals surface area contributed by atoms with Gasteiger partial charge in [0.05, 0.1) is 5.37 Å². The summed E-state index contributed by atoms with van der Waals surface area (Å²) in [7, 11) is 0. The molecule has 0 bridgehead atoms. The molecule has 130 valence electrons. The molecule has 0 fully saturated rings. The summed E-state index contributed by atoms with van der Waals surface area (Å²) < 4.78 is 0. The van der Waals surface area contributed by atoms with Gasteiger partial charge in [-0.1, -0.05) is 45.1 Å². The third kappa shape index (κ3) is 4.45. The van der Waals surface area contributed by atoms with Gasteiger partial charge in [-0.05, 0) is 46.9 Å². The summed E-state index contributed by atoms with van der Waals surface area (Å²) in [4.78, 5) is 6.37. The number of nitrogens with zero attached hydrogens (tertiary/aromatic N) is 2. The number of aromatic nitrogens is 1. The normalized spacial score (nSPS) is 17.1. The minimum absolute atomic E-state index is 0.172. The van der Waals surface area contributed by atoms with Gasteiger partial charge < -0.3 is 10.6 Å². The maximum Gasteiger partial charge on any atom is 0.123 e. The first-order valence-corrected chi connectivity index (χ1v) is 9.54. The molecule has 0 saturated carbocycles. The summed E-state index contributed by atoms with van der Waals surface area (Å²) in [5.41, 5.74) is 9.71. The Labute approximate surface area is 154 Å². The molecule has 2 heterocycles.